The number of pyridine rings is 1. The molecule has 0 radical (unpaired) electrons. The van der Waals surface area contributed by atoms with Gasteiger partial charge in [0.05, 0.1) is 5.69 Å². The Morgan fingerprint density at radius 1 is 1.19 bits per heavy atom. The van der Waals surface area contributed by atoms with Gasteiger partial charge >= 0.3 is 5.97 Å². The number of hydrogen-bond donors (Lipinski definition) is 0. The summed E-state index contributed by atoms with van der Waals surface area (Å²) in [6.07, 6.45) is 8.64. The monoisotopic (exact) mass is 348 g/mol. The average molecular weight is 348 g/mol. The number of ether oxygens (including phenoxy) is 2. The van der Waals surface area contributed by atoms with E-state index in [2.05, 4.69) is 11.6 Å². The van der Waals surface area contributed by atoms with Gasteiger partial charge in [0.2, 0.25) is 0 Å². The number of hydrogen-bond acceptors (Lipinski definition) is 4. The minimum atomic E-state index is -0.412. The Morgan fingerprint density at radius 2 is 2.00 bits per heavy atom. The van der Waals surface area contributed by atoms with E-state index in [0.717, 1.165) is 22.5 Å². The highest BCUT2D eigenvalue weighted by atomic mass is 16.5. The first-order chi connectivity index (χ1) is 12.6. The van der Waals surface area contributed by atoms with Gasteiger partial charge in [-0.3, -0.25) is 0 Å². The van der Waals surface area contributed by atoms with Crippen molar-refractivity contribution in [2.75, 3.05) is 6.61 Å². The minimum Gasteiger partial charge on any atom is -0.490 e. The molecule has 3 aromatic rings. The molecule has 0 N–H and O–H groups in total. The molecule has 5 nitrogen and oxygen atoms in total. The van der Waals surface area contributed by atoms with Crippen LogP contribution in [-0.2, 0) is 16.1 Å². The number of carbonyl (C=O) groups is 1. The van der Waals surface area contributed by atoms with E-state index < -0.39 is 5.97 Å². The SMILES string of the molecule is C=CCOc1ccc(/C=C/C(=O)OCc2cn3cc(C)ccc3n2)cc1. The summed E-state index contributed by atoms with van der Waals surface area (Å²) >= 11 is 0. The predicted molar refractivity (Wildman–Crippen MR) is 101 cm³/mol. The van der Waals surface area contributed by atoms with Crippen molar-refractivity contribution >= 4 is 17.7 Å². The molecule has 0 fully saturated rings. The molecule has 132 valence electrons. The number of aryl methyl sites for hydroxylation is 1. The maximum absolute atomic E-state index is 11.9. The molecule has 0 aliphatic carbocycles. The molecule has 3 rings (SSSR count). The van der Waals surface area contributed by atoms with Crippen molar-refractivity contribution in [3.8, 4) is 5.75 Å². The first kappa shape index (κ1) is 17.5. The first-order valence-corrected chi connectivity index (χ1v) is 8.27. The van der Waals surface area contributed by atoms with Gasteiger partial charge in [-0.15, -0.1) is 0 Å². The van der Waals surface area contributed by atoms with Crippen LogP contribution in [0.2, 0.25) is 0 Å². The van der Waals surface area contributed by atoms with Gasteiger partial charge in [-0.05, 0) is 42.3 Å². The molecule has 0 bridgehead atoms. The van der Waals surface area contributed by atoms with Crippen LogP contribution in [0.1, 0.15) is 16.8 Å². The standard InChI is InChI=1S/C21H20N2O3/c1-3-12-25-19-8-5-17(6-9-19)7-11-21(24)26-15-18-14-23-13-16(2)4-10-20(23)22-18/h3-11,13-14H,1,12,15H2,2H3/b11-7+. The summed E-state index contributed by atoms with van der Waals surface area (Å²) in [5, 5.41) is 0. The van der Waals surface area contributed by atoms with Gasteiger partial charge in [-0.25, -0.2) is 9.78 Å². The third-order valence-corrected chi connectivity index (χ3v) is 3.67. The second kappa shape index (κ2) is 8.16. The summed E-state index contributed by atoms with van der Waals surface area (Å²) < 4.78 is 12.6. The molecule has 0 atom stereocenters. The van der Waals surface area contributed by atoms with Gasteiger partial charge < -0.3 is 13.9 Å². The van der Waals surface area contributed by atoms with E-state index in [1.807, 2.05) is 60.1 Å². The van der Waals surface area contributed by atoms with Crippen molar-refractivity contribution in [3.05, 3.63) is 84.3 Å². The van der Waals surface area contributed by atoms with E-state index in [1.54, 1.807) is 12.2 Å². The molecule has 2 heterocycles. The summed E-state index contributed by atoms with van der Waals surface area (Å²) in [5.74, 6) is 0.344. The van der Waals surface area contributed by atoms with Crippen LogP contribution in [0.5, 0.6) is 5.75 Å². The number of nitrogens with zero attached hydrogens (tertiary/aromatic N) is 2. The third-order valence-electron chi connectivity index (χ3n) is 3.67. The highest BCUT2D eigenvalue weighted by Gasteiger charge is 2.04. The minimum absolute atomic E-state index is 0.137. The Labute approximate surface area is 152 Å². The fourth-order valence-corrected chi connectivity index (χ4v) is 2.41. The van der Waals surface area contributed by atoms with Gasteiger partial charge in [0, 0.05) is 18.5 Å². The fraction of sp³-hybridized carbons (Fsp3) is 0.143. The lowest BCUT2D eigenvalue weighted by Crippen LogP contribution is -2.00. The zero-order valence-electron chi connectivity index (χ0n) is 14.6. The van der Waals surface area contributed by atoms with E-state index in [9.17, 15) is 4.79 Å². The molecule has 0 saturated heterocycles. The molecule has 0 aliphatic heterocycles. The van der Waals surface area contributed by atoms with Gasteiger partial charge in [0.1, 0.15) is 24.6 Å². The Balaban J connectivity index is 1.54. The molecule has 5 heteroatoms. The molecule has 0 spiro atoms. The molecular weight excluding hydrogens is 328 g/mol. The fourth-order valence-electron chi connectivity index (χ4n) is 2.41. The second-order valence-electron chi connectivity index (χ2n) is 5.81. The summed E-state index contributed by atoms with van der Waals surface area (Å²) in [4.78, 5) is 16.3. The summed E-state index contributed by atoms with van der Waals surface area (Å²) in [5.41, 5.74) is 3.57. The van der Waals surface area contributed by atoms with Crippen molar-refractivity contribution in [3.63, 3.8) is 0 Å². The lowest BCUT2D eigenvalue weighted by atomic mass is 10.2. The van der Waals surface area contributed by atoms with E-state index in [0.29, 0.717) is 12.3 Å². The van der Waals surface area contributed by atoms with Crippen molar-refractivity contribution in [2.24, 2.45) is 0 Å². The van der Waals surface area contributed by atoms with Crippen LogP contribution in [0.15, 0.2) is 67.5 Å². The predicted octanol–water partition coefficient (Wildman–Crippen LogP) is 3.96. The van der Waals surface area contributed by atoms with Crippen molar-refractivity contribution in [1.29, 1.82) is 0 Å². The van der Waals surface area contributed by atoms with Gasteiger partial charge in [0.15, 0.2) is 0 Å². The topological polar surface area (TPSA) is 52.8 Å². The number of rotatable bonds is 7. The second-order valence-corrected chi connectivity index (χ2v) is 5.81. The van der Waals surface area contributed by atoms with Crippen LogP contribution in [0.3, 0.4) is 0 Å². The van der Waals surface area contributed by atoms with Crippen LogP contribution in [0.4, 0.5) is 0 Å². The molecular formula is C21H20N2O3. The van der Waals surface area contributed by atoms with Gasteiger partial charge in [-0.2, -0.15) is 0 Å². The number of fused-ring (bicyclic) bond motifs is 1. The van der Waals surface area contributed by atoms with Crippen LogP contribution in [0.25, 0.3) is 11.7 Å². The largest absolute Gasteiger partial charge is 0.490 e. The van der Waals surface area contributed by atoms with E-state index in [-0.39, 0.29) is 6.61 Å². The van der Waals surface area contributed by atoms with Crippen molar-refractivity contribution in [2.45, 2.75) is 13.5 Å². The third kappa shape index (κ3) is 4.60. The normalized spacial score (nSPS) is 11.0. The quantitative estimate of drug-likeness (QED) is 0.368. The van der Waals surface area contributed by atoms with Gasteiger partial charge in [-0.1, -0.05) is 30.9 Å². The zero-order valence-corrected chi connectivity index (χ0v) is 14.6. The Kier molecular flexibility index (Phi) is 5.49. The van der Waals surface area contributed by atoms with Crippen LogP contribution in [-0.4, -0.2) is 22.0 Å². The Bertz CT molecular complexity index is 940. The lowest BCUT2D eigenvalue weighted by molar-refractivity contribution is -0.139. The van der Waals surface area contributed by atoms with E-state index >= 15 is 0 Å². The molecule has 26 heavy (non-hydrogen) atoms. The molecule has 1 aromatic carbocycles. The number of carbonyl (C=O) groups excluding carboxylic acids is 1. The number of esters is 1. The van der Waals surface area contributed by atoms with Crippen molar-refractivity contribution in [1.82, 2.24) is 9.38 Å². The number of imidazole rings is 1. The number of aromatic nitrogens is 2. The van der Waals surface area contributed by atoms with Crippen LogP contribution in [0, 0.1) is 6.92 Å². The maximum atomic E-state index is 11.9. The summed E-state index contributed by atoms with van der Waals surface area (Å²) in [6.45, 7) is 6.22. The maximum Gasteiger partial charge on any atom is 0.331 e. The van der Waals surface area contributed by atoms with Crippen LogP contribution < -0.4 is 4.74 Å². The van der Waals surface area contributed by atoms with E-state index in [4.69, 9.17) is 9.47 Å². The summed E-state index contributed by atoms with van der Waals surface area (Å²) in [7, 11) is 0. The number of benzene rings is 1. The summed E-state index contributed by atoms with van der Waals surface area (Å²) in [6, 6.07) is 11.3. The molecule has 2 aromatic heterocycles. The average Bonchev–Trinajstić information content (AvgIpc) is 3.06. The zero-order chi connectivity index (χ0) is 18.4. The molecule has 0 aliphatic rings. The highest BCUT2D eigenvalue weighted by molar-refractivity contribution is 5.87. The molecule has 0 amide bonds. The Hall–Kier alpha value is -3.34. The Morgan fingerprint density at radius 3 is 2.77 bits per heavy atom. The highest BCUT2D eigenvalue weighted by Crippen LogP contribution is 2.13. The first-order valence-electron chi connectivity index (χ1n) is 8.27. The smallest absolute Gasteiger partial charge is 0.331 e. The van der Waals surface area contributed by atoms with E-state index in [1.165, 1.54) is 6.08 Å². The lowest BCUT2D eigenvalue weighted by Gasteiger charge is -2.02. The van der Waals surface area contributed by atoms with Crippen molar-refractivity contribution < 1.29 is 14.3 Å². The van der Waals surface area contributed by atoms with Gasteiger partial charge in [0.25, 0.3) is 0 Å². The molecule has 0 unspecified atom stereocenters. The molecule has 0 saturated carbocycles. The van der Waals surface area contributed by atoms with Crippen LogP contribution >= 0.6 is 0 Å².